The maximum atomic E-state index is 12.9. The van der Waals surface area contributed by atoms with Crippen LogP contribution in [0.5, 0.6) is 0 Å². The number of rotatable bonds is 2. The van der Waals surface area contributed by atoms with Crippen LogP contribution >= 0.6 is 11.8 Å². The molecular formula is C11H8FN3S. The number of aryl methyl sites for hydroxylation is 1. The van der Waals surface area contributed by atoms with Gasteiger partial charge in [-0.05, 0) is 18.2 Å². The molecule has 0 bridgehead atoms. The third kappa shape index (κ3) is 2.23. The molecule has 2 aromatic rings. The van der Waals surface area contributed by atoms with Gasteiger partial charge >= 0.3 is 0 Å². The SMILES string of the molecule is Cn1cc(Sc2ccc(F)cc2C#N)cn1. The first kappa shape index (κ1) is 10.7. The molecule has 0 N–H and O–H groups in total. The van der Waals surface area contributed by atoms with Crippen LogP contribution in [0, 0.1) is 17.1 Å². The highest BCUT2D eigenvalue weighted by Gasteiger charge is 2.06. The van der Waals surface area contributed by atoms with Gasteiger partial charge in [0.2, 0.25) is 0 Å². The number of nitriles is 1. The molecule has 0 atom stereocenters. The molecule has 1 aromatic heterocycles. The van der Waals surface area contributed by atoms with E-state index >= 15 is 0 Å². The summed E-state index contributed by atoms with van der Waals surface area (Å²) < 4.78 is 14.6. The molecule has 5 heteroatoms. The van der Waals surface area contributed by atoms with E-state index in [0.29, 0.717) is 5.56 Å². The average molecular weight is 233 g/mol. The van der Waals surface area contributed by atoms with Crippen molar-refractivity contribution in [3.8, 4) is 6.07 Å². The third-order valence-corrected chi connectivity index (χ3v) is 2.99. The van der Waals surface area contributed by atoms with Crippen LogP contribution in [0.25, 0.3) is 0 Å². The molecule has 0 saturated heterocycles. The average Bonchev–Trinajstić information content (AvgIpc) is 2.67. The van der Waals surface area contributed by atoms with E-state index in [1.54, 1.807) is 16.9 Å². The lowest BCUT2D eigenvalue weighted by Crippen LogP contribution is -1.84. The summed E-state index contributed by atoms with van der Waals surface area (Å²) in [5.41, 5.74) is 0.342. The van der Waals surface area contributed by atoms with Gasteiger partial charge < -0.3 is 0 Å². The minimum Gasteiger partial charge on any atom is -0.275 e. The van der Waals surface area contributed by atoms with Crippen LogP contribution in [-0.4, -0.2) is 9.78 Å². The second-order valence-corrected chi connectivity index (χ2v) is 4.32. The lowest BCUT2D eigenvalue weighted by molar-refractivity contribution is 0.626. The van der Waals surface area contributed by atoms with Gasteiger partial charge in [-0.15, -0.1) is 0 Å². The summed E-state index contributed by atoms with van der Waals surface area (Å²) in [5, 5.41) is 12.9. The Morgan fingerprint density at radius 3 is 2.94 bits per heavy atom. The first-order valence-electron chi connectivity index (χ1n) is 4.55. The van der Waals surface area contributed by atoms with Gasteiger partial charge in [-0.2, -0.15) is 10.4 Å². The fourth-order valence-electron chi connectivity index (χ4n) is 1.26. The summed E-state index contributed by atoms with van der Waals surface area (Å²) in [4.78, 5) is 1.66. The largest absolute Gasteiger partial charge is 0.275 e. The Balaban J connectivity index is 2.31. The molecule has 0 unspecified atom stereocenters. The van der Waals surface area contributed by atoms with E-state index in [4.69, 9.17) is 5.26 Å². The highest BCUT2D eigenvalue weighted by molar-refractivity contribution is 7.99. The van der Waals surface area contributed by atoms with Crippen LogP contribution < -0.4 is 0 Å². The molecule has 0 amide bonds. The monoisotopic (exact) mass is 233 g/mol. The fourth-order valence-corrected chi connectivity index (χ4v) is 2.17. The predicted molar refractivity (Wildman–Crippen MR) is 58.4 cm³/mol. The zero-order valence-corrected chi connectivity index (χ0v) is 9.33. The highest BCUT2D eigenvalue weighted by Crippen LogP contribution is 2.29. The smallest absolute Gasteiger partial charge is 0.124 e. The van der Waals surface area contributed by atoms with Crippen LogP contribution in [0.15, 0.2) is 40.4 Å². The number of benzene rings is 1. The standard InChI is InChI=1S/C11H8FN3S/c1-15-7-10(6-14-15)16-11-3-2-9(12)4-8(11)5-13/h2-4,6-7H,1H3. The molecule has 0 saturated carbocycles. The first-order chi connectivity index (χ1) is 7.69. The summed E-state index contributed by atoms with van der Waals surface area (Å²) in [6, 6.07) is 6.16. The zero-order chi connectivity index (χ0) is 11.5. The second kappa shape index (κ2) is 4.37. The van der Waals surface area contributed by atoms with E-state index < -0.39 is 5.82 Å². The zero-order valence-electron chi connectivity index (χ0n) is 8.51. The van der Waals surface area contributed by atoms with E-state index in [1.165, 1.54) is 23.9 Å². The molecule has 1 heterocycles. The van der Waals surface area contributed by atoms with Gasteiger partial charge in [0.05, 0.1) is 16.7 Å². The van der Waals surface area contributed by atoms with Crippen molar-refractivity contribution in [2.75, 3.05) is 0 Å². The van der Waals surface area contributed by atoms with Crippen molar-refractivity contribution in [2.45, 2.75) is 9.79 Å². The van der Waals surface area contributed by atoms with Crippen molar-refractivity contribution in [2.24, 2.45) is 7.05 Å². The van der Waals surface area contributed by atoms with E-state index in [-0.39, 0.29) is 0 Å². The fraction of sp³-hybridized carbons (Fsp3) is 0.0909. The number of hydrogen-bond donors (Lipinski definition) is 0. The predicted octanol–water partition coefficient (Wildman–Crippen LogP) is 2.58. The van der Waals surface area contributed by atoms with Gasteiger partial charge in [-0.25, -0.2) is 4.39 Å². The Hall–Kier alpha value is -1.80. The molecule has 0 spiro atoms. The molecule has 0 fully saturated rings. The summed E-state index contributed by atoms with van der Waals surface area (Å²) in [7, 11) is 1.82. The molecule has 2 rings (SSSR count). The normalized spacial score (nSPS) is 10.1. The van der Waals surface area contributed by atoms with Gasteiger partial charge in [-0.3, -0.25) is 4.68 Å². The Kier molecular flexibility index (Phi) is 2.93. The van der Waals surface area contributed by atoms with Gasteiger partial charge in [0, 0.05) is 18.1 Å². The van der Waals surface area contributed by atoms with Crippen molar-refractivity contribution in [1.29, 1.82) is 5.26 Å². The first-order valence-corrected chi connectivity index (χ1v) is 5.37. The van der Waals surface area contributed by atoms with Crippen molar-refractivity contribution in [3.63, 3.8) is 0 Å². The molecule has 1 aromatic carbocycles. The highest BCUT2D eigenvalue weighted by atomic mass is 32.2. The molecule has 3 nitrogen and oxygen atoms in total. The topological polar surface area (TPSA) is 41.6 Å². The molecule has 0 aliphatic carbocycles. The van der Waals surface area contributed by atoms with Crippen molar-refractivity contribution < 1.29 is 4.39 Å². The summed E-state index contributed by atoms with van der Waals surface area (Å²) >= 11 is 1.40. The molecular weight excluding hydrogens is 225 g/mol. The van der Waals surface area contributed by atoms with E-state index in [9.17, 15) is 4.39 Å². The van der Waals surface area contributed by atoms with Crippen molar-refractivity contribution in [1.82, 2.24) is 9.78 Å². The molecule has 16 heavy (non-hydrogen) atoms. The quantitative estimate of drug-likeness (QED) is 0.800. The maximum Gasteiger partial charge on any atom is 0.124 e. The Morgan fingerprint density at radius 1 is 1.50 bits per heavy atom. The number of halogens is 1. The van der Waals surface area contributed by atoms with Crippen molar-refractivity contribution in [3.05, 3.63) is 42.0 Å². The summed E-state index contributed by atoms with van der Waals surface area (Å²) in [6.07, 6.45) is 3.55. The minimum absolute atomic E-state index is 0.342. The van der Waals surface area contributed by atoms with Crippen LogP contribution in [0.3, 0.4) is 0 Å². The molecule has 0 aliphatic rings. The van der Waals surface area contributed by atoms with Crippen LogP contribution in [0.1, 0.15) is 5.56 Å². The number of aromatic nitrogens is 2. The van der Waals surface area contributed by atoms with E-state index in [0.717, 1.165) is 9.79 Å². The van der Waals surface area contributed by atoms with E-state index in [2.05, 4.69) is 5.10 Å². The van der Waals surface area contributed by atoms with Crippen LogP contribution in [0.2, 0.25) is 0 Å². The number of hydrogen-bond acceptors (Lipinski definition) is 3. The minimum atomic E-state index is -0.396. The van der Waals surface area contributed by atoms with Gasteiger partial charge in [-0.1, -0.05) is 11.8 Å². The van der Waals surface area contributed by atoms with E-state index in [1.807, 2.05) is 19.3 Å². The Bertz CT molecular complexity index is 557. The van der Waals surface area contributed by atoms with Crippen LogP contribution in [0.4, 0.5) is 4.39 Å². The lowest BCUT2D eigenvalue weighted by atomic mass is 10.2. The van der Waals surface area contributed by atoms with Crippen LogP contribution in [-0.2, 0) is 7.05 Å². The molecule has 0 aliphatic heterocycles. The molecule has 80 valence electrons. The summed E-state index contributed by atoms with van der Waals surface area (Å²) in [6.45, 7) is 0. The van der Waals surface area contributed by atoms with Gasteiger partial charge in [0.1, 0.15) is 11.9 Å². The van der Waals surface area contributed by atoms with Gasteiger partial charge in [0.25, 0.3) is 0 Å². The lowest BCUT2D eigenvalue weighted by Gasteiger charge is -2.00. The molecule has 0 radical (unpaired) electrons. The maximum absolute atomic E-state index is 12.9. The number of nitrogens with zero attached hydrogens (tertiary/aromatic N) is 3. The summed E-state index contributed by atoms with van der Waals surface area (Å²) in [5.74, 6) is -0.396. The second-order valence-electron chi connectivity index (χ2n) is 3.20. The third-order valence-electron chi connectivity index (χ3n) is 1.97. The van der Waals surface area contributed by atoms with Crippen molar-refractivity contribution >= 4 is 11.8 Å². The van der Waals surface area contributed by atoms with Gasteiger partial charge in [0.15, 0.2) is 0 Å². The Labute approximate surface area is 96.5 Å². The Morgan fingerprint density at radius 2 is 2.31 bits per heavy atom.